The Bertz CT molecular complexity index is 483. The van der Waals surface area contributed by atoms with Gasteiger partial charge in [-0.2, -0.15) is 12.8 Å². The van der Waals surface area contributed by atoms with Crippen molar-refractivity contribution >= 4 is 19.8 Å². The quantitative estimate of drug-likeness (QED) is 0.134. The van der Waals surface area contributed by atoms with Crippen molar-refractivity contribution in [3.63, 3.8) is 0 Å². The van der Waals surface area contributed by atoms with E-state index in [1.807, 2.05) is 0 Å². The summed E-state index contributed by atoms with van der Waals surface area (Å²) in [6, 6.07) is 0. The van der Waals surface area contributed by atoms with Crippen LogP contribution in [-0.4, -0.2) is 36.1 Å². The van der Waals surface area contributed by atoms with Gasteiger partial charge in [0.15, 0.2) is 6.10 Å². The predicted molar refractivity (Wildman–Crippen MR) is 109 cm³/mol. The Morgan fingerprint density at radius 1 is 0.862 bits per heavy atom. The number of rotatable bonds is 19. The van der Waals surface area contributed by atoms with Crippen LogP contribution in [0, 0.1) is 21.0 Å². The number of ether oxygens (including phenoxy) is 2. The van der Waals surface area contributed by atoms with Crippen molar-refractivity contribution in [3.8, 4) is 0 Å². The molecule has 0 rings (SSSR count). The summed E-state index contributed by atoms with van der Waals surface area (Å²) in [5.74, 6) is -0.907. The average molecular weight is 435 g/mol. The van der Waals surface area contributed by atoms with Crippen molar-refractivity contribution in [2.75, 3.05) is 13.2 Å². The monoisotopic (exact) mass is 435 g/mol. The van der Waals surface area contributed by atoms with Gasteiger partial charge in [0.1, 0.15) is 6.61 Å². The van der Waals surface area contributed by atoms with Crippen LogP contribution in [-0.2, 0) is 32.7 Å². The molecule has 0 aliphatic heterocycles. The number of unbranched alkanes of at least 4 members (excludes halogenated alkanes) is 8. The van der Waals surface area contributed by atoms with E-state index in [4.69, 9.17) is 14.0 Å². The average Bonchev–Trinajstić information content (AvgIpc) is 2.69. The van der Waals surface area contributed by atoms with Gasteiger partial charge in [-0.05, 0) is 12.8 Å². The van der Waals surface area contributed by atoms with E-state index in [1.165, 1.54) is 0 Å². The summed E-state index contributed by atoms with van der Waals surface area (Å²) in [5, 5.41) is 0. The fraction of sp³-hybridized carbons (Fsp3) is 0.750. The highest BCUT2D eigenvalue weighted by Gasteiger charge is 2.27. The Labute approximate surface area is 175 Å². The zero-order chi connectivity index (χ0) is 22.0. The van der Waals surface area contributed by atoms with Crippen LogP contribution < -0.4 is 0 Å². The molecular formula is C20H36O8P-. The maximum absolute atomic E-state index is 12.0. The van der Waals surface area contributed by atoms with Gasteiger partial charge in [0.25, 0.3) is 0 Å². The third kappa shape index (κ3) is 17.5. The molecule has 0 saturated heterocycles. The molecule has 0 aromatic carbocycles. The van der Waals surface area contributed by atoms with Crippen LogP contribution in [0.5, 0.6) is 0 Å². The third-order valence-electron chi connectivity index (χ3n) is 4.08. The fourth-order valence-electron chi connectivity index (χ4n) is 2.43. The van der Waals surface area contributed by atoms with Crippen molar-refractivity contribution < 1.29 is 37.6 Å². The first-order valence-electron chi connectivity index (χ1n) is 10.2. The van der Waals surface area contributed by atoms with Gasteiger partial charge in [0.2, 0.25) is 7.11 Å². The van der Waals surface area contributed by atoms with Crippen molar-refractivity contribution in [3.05, 3.63) is 21.0 Å². The van der Waals surface area contributed by atoms with E-state index in [2.05, 4.69) is 25.5 Å². The van der Waals surface area contributed by atoms with Crippen LogP contribution in [0.15, 0.2) is 0 Å². The van der Waals surface area contributed by atoms with Gasteiger partial charge in [-0.1, -0.05) is 43.0 Å². The molecule has 0 saturated carbocycles. The summed E-state index contributed by atoms with van der Waals surface area (Å²) in [6.07, 6.45) is 8.39. The molecule has 0 aromatic heterocycles. The van der Waals surface area contributed by atoms with E-state index in [9.17, 15) is 19.0 Å². The highest BCUT2D eigenvalue weighted by molar-refractivity contribution is 7.47. The third-order valence-corrected chi connectivity index (χ3v) is 4.88. The van der Waals surface area contributed by atoms with E-state index in [1.54, 1.807) is 0 Å². The second-order valence-electron chi connectivity index (χ2n) is 6.72. The molecule has 0 spiro atoms. The van der Waals surface area contributed by atoms with Crippen LogP contribution in [0.4, 0.5) is 0 Å². The number of carbonyl (C=O) groups is 2. The lowest BCUT2D eigenvalue weighted by atomic mass is 10.1. The number of carbonyl (C=O) groups excluding carboxylic acids is 2. The number of esters is 2. The van der Waals surface area contributed by atoms with E-state index < -0.39 is 32.5 Å². The lowest BCUT2D eigenvalue weighted by Crippen LogP contribution is -2.29. The minimum Gasteiger partial charge on any atom is -0.462 e. The molecule has 0 heterocycles. The number of hydrogen-bond donors (Lipinski definition) is 1. The van der Waals surface area contributed by atoms with Gasteiger partial charge in [-0.15, -0.1) is 0 Å². The fourth-order valence-corrected chi connectivity index (χ4v) is 2.86. The van der Waals surface area contributed by atoms with Gasteiger partial charge in [0, 0.05) is 12.8 Å². The summed E-state index contributed by atoms with van der Waals surface area (Å²) in [7, 11) is -1.48. The van der Waals surface area contributed by atoms with Gasteiger partial charge < -0.3 is 28.2 Å². The first kappa shape index (κ1) is 27.9. The normalized spacial score (nSPS) is 14.2. The van der Waals surface area contributed by atoms with E-state index >= 15 is 0 Å². The Kier molecular flexibility index (Phi) is 17.1. The van der Waals surface area contributed by atoms with Gasteiger partial charge in [-0.25, -0.2) is 4.57 Å². The Morgan fingerprint density at radius 2 is 1.38 bits per heavy atom. The van der Waals surface area contributed by atoms with Crippen LogP contribution in [0.25, 0.3) is 0 Å². The van der Waals surface area contributed by atoms with Crippen LogP contribution in [0.3, 0.4) is 0 Å². The second kappa shape index (κ2) is 17.8. The maximum atomic E-state index is 12.0. The number of hydrogen-bond acceptors (Lipinski definition) is 7. The molecule has 9 heteroatoms. The minimum absolute atomic E-state index is 0.205. The molecule has 2 atom stereocenters. The molecule has 1 unspecified atom stereocenters. The first-order chi connectivity index (χ1) is 13.8. The topological polar surface area (TPSA) is 108 Å². The molecule has 0 amide bonds. The SMILES string of the molecule is [CH2+]OP(=O)(O)OC[C@@H](COC(=O)CCCCCC[CH2-])OC(=O)CCCCCC[CH2-]. The standard InChI is InChI=1S/C20H36O8P/c1-4-6-8-10-12-14-19(21)26-16-18(17-27-29(23,24)25-3)28-20(22)15-13-11-9-7-5-2/h18H,1-17H2,(H,23,24)/q-1/t18-/m1/s1. The Balaban J connectivity index is 4.36. The molecule has 0 aliphatic carbocycles. The molecule has 0 fully saturated rings. The van der Waals surface area contributed by atoms with Crippen molar-refractivity contribution in [1.29, 1.82) is 0 Å². The lowest BCUT2D eigenvalue weighted by molar-refractivity contribution is -0.161. The molecule has 0 radical (unpaired) electrons. The van der Waals surface area contributed by atoms with Gasteiger partial charge in [0.05, 0.1) is 6.61 Å². The molecule has 170 valence electrons. The summed E-state index contributed by atoms with van der Waals surface area (Å²) in [4.78, 5) is 33.1. The molecule has 0 aromatic rings. The van der Waals surface area contributed by atoms with Crippen LogP contribution in [0.1, 0.15) is 77.0 Å². The number of phosphoric acid groups is 1. The van der Waals surface area contributed by atoms with Crippen LogP contribution >= 0.6 is 7.82 Å². The predicted octanol–water partition coefficient (Wildman–Crippen LogP) is 4.72. The summed E-state index contributed by atoms with van der Waals surface area (Å²) in [6.45, 7) is 6.82. The molecular weight excluding hydrogens is 399 g/mol. The molecule has 0 aliphatic rings. The van der Waals surface area contributed by atoms with Crippen LogP contribution in [0.2, 0.25) is 0 Å². The second-order valence-corrected chi connectivity index (χ2v) is 8.18. The van der Waals surface area contributed by atoms with E-state index in [0.29, 0.717) is 12.8 Å². The Morgan fingerprint density at radius 3 is 1.90 bits per heavy atom. The highest BCUT2D eigenvalue weighted by atomic mass is 31.2. The lowest BCUT2D eigenvalue weighted by Gasteiger charge is -2.18. The van der Waals surface area contributed by atoms with Crippen molar-refractivity contribution in [2.45, 2.75) is 83.2 Å². The summed E-state index contributed by atoms with van der Waals surface area (Å²) >= 11 is 0. The minimum atomic E-state index is -4.33. The van der Waals surface area contributed by atoms with Gasteiger partial charge in [-0.3, -0.25) is 14.1 Å². The largest absolute Gasteiger partial charge is 0.512 e. The Hall–Kier alpha value is -1.08. The van der Waals surface area contributed by atoms with E-state index in [-0.39, 0.29) is 19.4 Å². The van der Waals surface area contributed by atoms with Gasteiger partial charge >= 0.3 is 19.8 Å². The maximum Gasteiger partial charge on any atom is 0.512 e. The summed E-state index contributed by atoms with van der Waals surface area (Å²) < 4.78 is 30.6. The molecule has 29 heavy (non-hydrogen) atoms. The van der Waals surface area contributed by atoms with Crippen molar-refractivity contribution in [2.24, 2.45) is 0 Å². The number of phosphoric ester groups is 1. The zero-order valence-corrected chi connectivity index (χ0v) is 18.2. The smallest absolute Gasteiger partial charge is 0.462 e. The van der Waals surface area contributed by atoms with E-state index in [0.717, 1.165) is 51.4 Å². The molecule has 0 bridgehead atoms. The summed E-state index contributed by atoms with van der Waals surface area (Å²) in [5.41, 5.74) is 0. The first-order valence-corrected chi connectivity index (χ1v) is 11.7. The highest BCUT2D eigenvalue weighted by Crippen LogP contribution is 2.42. The van der Waals surface area contributed by atoms with Crippen molar-refractivity contribution in [1.82, 2.24) is 0 Å². The molecule has 1 N–H and O–H groups in total. The molecule has 8 nitrogen and oxygen atoms in total. The zero-order valence-electron chi connectivity index (χ0n) is 17.4.